The maximum Gasteiger partial charge on any atom is 0.239 e. The van der Waals surface area contributed by atoms with E-state index in [1.165, 1.54) is 6.92 Å². The standard InChI is InChI=1S/C9H9NO2S/c1-7(11)10-13-9(12)8-5-3-2-4-6-8/h2-6H,1H3,(H,10,11). The smallest absolute Gasteiger partial charge is 0.239 e. The highest BCUT2D eigenvalue weighted by molar-refractivity contribution is 8.12. The maximum absolute atomic E-state index is 11.3. The average Bonchev–Trinajstić information content (AvgIpc) is 2.15. The third-order valence-electron chi connectivity index (χ3n) is 1.30. The first kappa shape index (κ1) is 9.80. The van der Waals surface area contributed by atoms with Crippen molar-refractivity contribution in [2.45, 2.75) is 6.92 Å². The molecule has 0 atom stereocenters. The first-order chi connectivity index (χ1) is 6.20. The number of hydrogen-bond donors (Lipinski definition) is 1. The molecule has 68 valence electrons. The second-order valence-corrected chi connectivity index (χ2v) is 3.19. The van der Waals surface area contributed by atoms with Crippen molar-refractivity contribution in [3.8, 4) is 0 Å². The summed E-state index contributed by atoms with van der Waals surface area (Å²) >= 11 is 0.799. The normalized spacial score (nSPS) is 9.31. The summed E-state index contributed by atoms with van der Waals surface area (Å²) in [6.07, 6.45) is 0. The fourth-order valence-electron chi connectivity index (χ4n) is 0.751. The molecule has 13 heavy (non-hydrogen) atoms. The minimum absolute atomic E-state index is 0.157. The molecule has 0 fully saturated rings. The molecule has 0 unspecified atom stereocenters. The van der Waals surface area contributed by atoms with Crippen LogP contribution in [0.1, 0.15) is 17.3 Å². The van der Waals surface area contributed by atoms with Crippen molar-refractivity contribution < 1.29 is 9.59 Å². The van der Waals surface area contributed by atoms with Crippen molar-refractivity contribution in [2.24, 2.45) is 0 Å². The number of rotatable bonds is 1. The van der Waals surface area contributed by atoms with Gasteiger partial charge < -0.3 is 0 Å². The lowest BCUT2D eigenvalue weighted by Crippen LogP contribution is -2.13. The van der Waals surface area contributed by atoms with Crippen LogP contribution in [-0.2, 0) is 4.79 Å². The summed E-state index contributed by atoms with van der Waals surface area (Å²) in [5.74, 6) is -0.228. The van der Waals surface area contributed by atoms with Gasteiger partial charge in [-0.15, -0.1) is 0 Å². The molecule has 1 aromatic carbocycles. The Morgan fingerprint density at radius 1 is 1.23 bits per heavy atom. The molecule has 0 heterocycles. The molecule has 0 saturated heterocycles. The molecule has 1 aromatic rings. The predicted molar refractivity (Wildman–Crippen MR) is 52.2 cm³/mol. The van der Waals surface area contributed by atoms with E-state index >= 15 is 0 Å². The Morgan fingerprint density at radius 3 is 2.38 bits per heavy atom. The van der Waals surface area contributed by atoms with Crippen LogP contribution >= 0.6 is 11.9 Å². The molecule has 3 nitrogen and oxygen atoms in total. The molecule has 1 N–H and O–H groups in total. The van der Waals surface area contributed by atoms with Gasteiger partial charge in [-0.2, -0.15) is 0 Å². The van der Waals surface area contributed by atoms with Crippen LogP contribution in [0, 0.1) is 0 Å². The third-order valence-corrected chi connectivity index (χ3v) is 2.11. The molecule has 0 aliphatic carbocycles. The quantitative estimate of drug-likeness (QED) is 0.692. The molecule has 0 saturated carbocycles. The number of carbonyl (C=O) groups excluding carboxylic acids is 2. The number of nitrogens with one attached hydrogen (secondary N) is 1. The number of hydrogen-bond acceptors (Lipinski definition) is 3. The Balaban J connectivity index is 2.54. The van der Waals surface area contributed by atoms with Gasteiger partial charge in [0.05, 0.1) is 0 Å². The summed E-state index contributed by atoms with van der Waals surface area (Å²) in [4.78, 5) is 21.8. The van der Waals surface area contributed by atoms with Crippen LogP contribution in [0.4, 0.5) is 0 Å². The second kappa shape index (κ2) is 4.67. The largest absolute Gasteiger partial charge is 0.294 e. The van der Waals surface area contributed by atoms with Crippen LogP contribution < -0.4 is 4.72 Å². The van der Waals surface area contributed by atoms with Gasteiger partial charge in [-0.3, -0.25) is 14.3 Å². The van der Waals surface area contributed by atoms with Crippen LogP contribution in [0.15, 0.2) is 30.3 Å². The van der Waals surface area contributed by atoms with Crippen molar-refractivity contribution >= 4 is 23.0 Å². The highest BCUT2D eigenvalue weighted by atomic mass is 32.2. The van der Waals surface area contributed by atoms with E-state index in [1.54, 1.807) is 24.3 Å². The fraction of sp³-hybridized carbons (Fsp3) is 0.111. The topological polar surface area (TPSA) is 46.2 Å². The highest BCUT2D eigenvalue weighted by Crippen LogP contribution is 2.08. The molecule has 1 rings (SSSR count). The van der Waals surface area contributed by atoms with Gasteiger partial charge in [-0.1, -0.05) is 30.3 Å². The minimum Gasteiger partial charge on any atom is -0.294 e. The number of carbonyl (C=O) groups is 2. The van der Waals surface area contributed by atoms with Gasteiger partial charge in [0.2, 0.25) is 11.0 Å². The number of amides is 1. The summed E-state index contributed by atoms with van der Waals surface area (Å²) in [6, 6.07) is 8.80. The molecule has 0 bridgehead atoms. The molecule has 0 aliphatic rings. The maximum atomic E-state index is 11.3. The van der Waals surface area contributed by atoms with E-state index in [2.05, 4.69) is 4.72 Å². The summed E-state index contributed by atoms with van der Waals surface area (Å²) in [6.45, 7) is 1.37. The summed E-state index contributed by atoms with van der Waals surface area (Å²) < 4.78 is 2.37. The molecule has 0 spiro atoms. The molecule has 0 aromatic heterocycles. The van der Waals surface area contributed by atoms with Crippen LogP contribution in [0.2, 0.25) is 0 Å². The first-order valence-electron chi connectivity index (χ1n) is 3.73. The second-order valence-electron chi connectivity index (χ2n) is 2.41. The van der Waals surface area contributed by atoms with E-state index in [0.717, 1.165) is 11.9 Å². The zero-order chi connectivity index (χ0) is 9.68. The van der Waals surface area contributed by atoms with E-state index in [4.69, 9.17) is 0 Å². The van der Waals surface area contributed by atoms with E-state index in [1.807, 2.05) is 6.07 Å². The van der Waals surface area contributed by atoms with Gasteiger partial charge in [-0.05, 0) is 0 Å². The van der Waals surface area contributed by atoms with E-state index < -0.39 is 0 Å². The van der Waals surface area contributed by atoms with E-state index in [9.17, 15) is 9.59 Å². The monoisotopic (exact) mass is 195 g/mol. The van der Waals surface area contributed by atoms with Gasteiger partial charge >= 0.3 is 0 Å². The summed E-state index contributed by atoms with van der Waals surface area (Å²) in [5, 5.41) is -0.157. The zero-order valence-electron chi connectivity index (χ0n) is 7.11. The first-order valence-corrected chi connectivity index (χ1v) is 4.54. The third kappa shape index (κ3) is 3.29. The fourth-order valence-corrected chi connectivity index (χ4v) is 1.24. The van der Waals surface area contributed by atoms with Crippen LogP contribution in [-0.4, -0.2) is 11.0 Å². The van der Waals surface area contributed by atoms with Gasteiger partial charge in [-0.25, -0.2) is 0 Å². The van der Waals surface area contributed by atoms with Gasteiger partial charge in [0, 0.05) is 24.4 Å². The molecular weight excluding hydrogens is 186 g/mol. The minimum atomic E-state index is -0.228. The SMILES string of the molecule is CC(=O)NSC(=O)c1ccccc1. The molecule has 0 aliphatic heterocycles. The van der Waals surface area contributed by atoms with Crippen LogP contribution in [0.5, 0.6) is 0 Å². The zero-order valence-corrected chi connectivity index (χ0v) is 7.93. The Labute approximate surface area is 80.7 Å². The lowest BCUT2D eigenvalue weighted by molar-refractivity contribution is -0.117. The highest BCUT2D eigenvalue weighted by Gasteiger charge is 2.05. The average molecular weight is 195 g/mol. The molecular formula is C9H9NO2S. The molecule has 0 radical (unpaired) electrons. The Morgan fingerprint density at radius 2 is 1.85 bits per heavy atom. The number of benzene rings is 1. The summed E-state index contributed by atoms with van der Waals surface area (Å²) in [7, 11) is 0. The van der Waals surface area contributed by atoms with E-state index in [0.29, 0.717) is 5.56 Å². The van der Waals surface area contributed by atoms with Gasteiger partial charge in [0.15, 0.2) is 0 Å². The van der Waals surface area contributed by atoms with Crippen LogP contribution in [0.3, 0.4) is 0 Å². The van der Waals surface area contributed by atoms with Crippen molar-refractivity contribution in [2.75, 3.05) is 0 Å². The summed E-state index contributed by atoms with van der Waals surface area (Å²) in [5.41, 5.74) is 0.584. The Bertz CT molecular complexity index is 311. The van der Waals surface area contributed by atoms with Gasteiger partial charge in [0.25, 0.3) is 0 Å². The van der Waals surface area contributed by atoms with Gasteiger partial charge in [0.1, 0.15) is 0 Å². The van der Waals surface area contributed by atoms with Crippen molar-refractivity contribution in [1.82, 2.24) is 4.72 Å². The van der Waals surface area contributed by atoms with E-state index in [-0.39, 0.29) is 11.0 Å². The van der Waals surface area contributed by atoms with Crippen molar-refractivity contribution in [1.29, 1.82) is 0 Å². The Hall–Kier alpha value is -1.29. The Kier molecular flexibility index (Phi) is 3.52. The molecule has 4 heteroatoms. The molecule has 1 amide bonds. The lowest BCUT2D eigenvalue weighted by Gasteiger charge is -1.99. The van der Waals surface area contributed by atoms with Crippen molar-refractivity contribution in [3.05, 3.63) is 35.9 Å². The van der Waals surface area contributed by atoms with Crippen LogP contribution in [0.25, 0.3) is 0 Å². The van der Waals surface area contributed by atoms with Crippen molar-refractivity contribution in [3.63, 3.8) is 0 Å². The predicted octanol–water partition coefficient (Wildman–Crippen LogP) is 1.61. The lowest BCUT2D eigenvalue weighted by atomic mass is 10.2.